The highest BCUT2D eigenvalue weighted by molar-refractivity contribution is 5.74. The van der Waals surface area contributed by atoms with Crippen LogP contribution in [-0.4, -0.2) is 43.2 Å². The molecule has 4 nitrogen and oxygen atoms in total. The minimum atomic E-state index is -0.156. The summed E-state index contributed by atoms with van der Waals surface area (Å²) in [6.45, 7) is 1.71. The summed E-state index contributed by atoms with van der Waals surface area (Å²) in [7, 11) is 3.48. The molecule has 18 heavy (non-hydrogen) atoms. The molecule has 1 aliphatic heterocycles. The number of nitrogens with zero attached hydrogens (tertiary/aromatic N) is 1. The van der Waals surface area contributed by atoms with Crippen molar-refractivity contribution >= 4 is 5.97 Å². The Hall–Kier alpha value is -1.55. The Morgan fingerprint density at radius 2 is 2.28 bits per heavy atom. The number of aromatic hydroxyl groups is 1. The minimum absolute atomic E-state index is 0.0864. The lowest BCUT2D eigenvalue weighted by Crippen LogP contribution is -2.40. The topological polar surface area (TPSA) is 49.8 Å². The van der Waals surface area contributed by atoms with Crippen molar-refractivity contribution in [3.8, 4) is 5.75 Å². The van der Waals surface area contributed by atoms with E-state index in [-0.39, 0.29) is 23.6 Å². The fourth-order valence-electron chi connectivity index (χ4n) is 2.64. The van der Waals surface area contributed by atoms with Crippen molar-refractivity contribution in [2.24, 2.45) is 5.92 Å². The molecular weight excluding hydrogens is 230 g/mol. The monoisotopic (exact) mass is 249 g/mol. The Labute approximate surface area is 107 Å². The number of rotatable bonds is 2. The number of phenols is 1. The summed E-state index contributed by atoms with van der Waals surface area (Å²) in [5, 5.41) is 9.56. The van der Waals surface area contributed by atoms with Gasteiger partial charge in [-0.15, -0.1) is 0 Å². The number of piperidine rings is 1. The molecule has 0 saturated carbocycles. The third-order valence-electron chi connectivity index (χ3n) is 3.62. The Morgan fingerprint density at radius 3 is 2.94 bits per heavy atom. The molecule has 1 aromatic rings. The standard InChI is InChI=1S/C14H19NO3/c1-15-7-6-12(14(17)18-2)13(9-15)10-4-3-5-11(16)8-10/h3-5,8,12-13,16H,6-7,9H2,1-2H3. The molecular formula is C14H19NO3. The van der Waals surface area contributed by atoms with Gasteiger partial charge < -0.3 is 14.7 Å². The molecule has 4 heteroatoms. The van der Waals surface area contributed by atoms with Gasteiger partial charge in [-0.2, -0.15) is 0 Å². The lowest BCUT2D eigenvalue weighted by molar-refractivity contribution is -0.147. The van der Waals surface area contributed by atoms with Crippen LogP contribution in [0.25, 0.3) is 0 Å². The van der Waals surface area contributed by atoms with E-state index in [0.29, 0.717) is 0 Å². The lowest BCUT2D eigenvalue weighted by Gasteiger charge is -2.35. The van der Waals surface area contributed by atoms with Crippen LogP contribution in [0.1, 0.15) is 17.9 Å². The zero-order valence-corrected chi connectivity index (χ0v) is 10.8. The third kappa shape index (κ3) is 2.64. The zero-order valence-electron chi connectivity index (χ0n) is 10.8. The highest BCUT2D eigenvalue weighted by atomic mass is 16.5. The molecule has 1 saturated heterocycles. The number of benzene rings is 1. The van der Waals surface area contributed by atoms with Crippen molar-refractivity contribution in [3.63, 3.8) is 0 Å². The molecule has 98 valence electrons. The van der Waals surface area contributed by atoms with E-state index in [2.05, 4.69) is 4.90 Å². The maximum atomic E-state index is 11.8. The summed E-state index contributed by atoms with van der Waals surface area (Å²) in [6, 6.07) is 7.15. The highest BCUT2D eigenvalue weighted by Gasteiger charge is 2.34. The molecule has 0 spiro atoms. The van der Waals surface area contributed by atoms with E-state index in [0.717, 1.165) is 25.1 Å². The first-order chi connectivity index (χ1) is 8.61. The van der Waals surface area contributed by atoms with Crippen LogP contribution in [0.5, 0.6) is 5.75 Å². The first-order valence-corrected chi connectivity index (χ1v) is 6.17. The van der Waals surface area contributed by atoms with Gasteiger partial charge in [-0.05, 0) is 37.7 Å². The molecule has 1 aliphatic rings. The predicted molar refractivity (Wildman–Crippen MR) is 68.5 cm³/mol. The maximum Gasteiger partial charge on any atom is 0.309 e. The van der Waals surface area contributed by atoms with Gasteiger partial charge in [0, 0.05) is 12.5 Å². The van der Waals surface area contributed by atoms with Crippen molar-refractivity contribution in [1.29, 1.82) is 0 Å². The fourth-order valence-corrected chi connectivity index (χ4v) is 2.64. The second-order valence-corrected chi connectivity index (χ2v) is 4.88. The van der Waals surface area contributed by atoms with Crippen molar-refractivity contribution in [2.45, 2.75) is 12.3 Å². The Morgan fingerprint density at radius 1 is 1.50 bits per heavy atom. The molecule has 0 aliphatic carbocycles. The number of phenolic OH excluding ortho intramolecular Hbond substituents is 1. The molecule has 1 fully saturated rings. The van der Waals surface area contributed by atoms with E-state index < -0.39 is 0 Å². The molecule has 1 aromatic carbocycles. The van der Waals surface area contributed by atoms with Gasteiger partial charge in [0.1, 0.15) is 5.75 Å². The predicted octanol–water partition coefficient (Wildman–Crippen LogP) is 1.60. The highest BCUT2D eigenvalue weighted by Crippen LogP contribution is 2.33. The summed E-state index contributed by atoms with van der Waals surface area (Å²) in [6.07, 6.45) is 0.795. The second-order valence-electron chi connectivity index (χ2n) is 4.88. The molecule has 1 N–H and O–H groups in total. The Balaban J connectivity index is 2.27. The van der Waals surface area contributed by atoms with E-state index in [9.17, 15) is 9.90 Å². The van der Waals surface area contributed by atoms with Gasteiger partial charge >= 0.3 is 5.97 Å². The van der Waals surface area contributed by atoms with Gasteiger partial charge in [-0.3, -0.25) is 4.79 Å². The average Bonchev–Trinajstić information content (AvgIpc) is 2.38. The average molecular weight is 249 g/mol. The minimum Gasteiger partial charge on any atom is -0.508 e. The first kappa shape index (κ1) is 12.9. The lowest BCUT2D eigenvalue weighted by atomic mass is 9.81. The van der Waals surface area contributed by atoms with Crippen LogP contribution in [0, 0.1) is 5.92 Å². The van der Waals surface area contributed by atoms with Crippen molar-refractivity contribution in [1.82, 2.24) is 4.90 Å². The molecule has 0 bridgehead atoms. The summed E-state index contributed by atoms with van der Waals surface area (Å²) in [5.74, 6) is 0.0529. The largest absolute Gasteiger partial charge is 0.508 e. The number of likely N-dealkylation sites (tertiary alicyclic amines) is 1. The van der Waals surface area contributed by atoms with Gasteiger partial charge in [0.15, 0.2) is 0 Å². The Kier molecular flexibility index (Phi) is 3.87. The van der Waals surface area contributed by atoms with Crippen LogP contribution in [0.15, 0.2) is 24.3 Å². The van der Waals surface area contributed by atoms with Gasteiger partial charge in [-0.25, -0.2) is 0 Å². The molecule has 0 aromatic heterocycles. The van der Waals surface area contributed by atoms with Gasteiger partial charge in [0.25, 0.3) is 0 Å². The number of carbonyl (C=O) groups is 1. The third-order valence-corrected chi connectivity index (χ3v) is 3.62. The van der Waals surface area contributed by atoms with E-state index in [1.54, 1.807) is 12.1 Å². The number of hydrogen-bond acceptors (Lipinski definition) is 4. The number of methoxy groups -OCH3 is 1. The van der Waals surface area contributed by atoms with Crippen molar-refractivity contribution in [3.05, 3.63) is 29.8 Å². The SMILES string of the molecule is COC(=O)C1CCN(C)CC1c1cccc(O)c1. The van der Waals surface area contributed by atoms with E-state index in [4.69, 9.17) is 4.74 Å². The molecule has 2 unspecified atom stereocenters. The molecule has 0 amide bonds. The van der Waals surface area contributed by atoms with Gasteiger partial charge in [-0.1, -0.05) is 12.1 Å². The number of ether oxygens (including phenoxy) is 1. The molecule has 2 atom stereocenters. The van der Waals surface area contributed by atoms with E-state index in [1.165, 1.54) is 7.11 Å². The fraction of sp³-hybridized carbons (Fsp3) is 0.500. The van der Waals surface area contributed by atoms with E-state index in [1.807, 2.05) is 19.2 Å². The first-order valence-electron chi connectivity index (χ1n) is 6.17. The summed E-state index contributed by atoms with van der Waals surface area (Å²) < 4.78 is 4.89. The molecule has 0 radical (unpaired) electrons. The molecule has 2 rings (SSSR count). The molecule has 1 heterocycles. The number of esters is 1. The summed E-state index contributed by atoms with van der Waals surface area (Å²) >= 11 is 0. The summed E-state index contributed by atoms with van der Waals surface area (Å²) in [4.78, 5) is 14.0. The smallest absolute Gasteiger partial charge is 0.309 e. The second kappa shape index (κ2) is 5.40. The van der Waals surface area contributed by atoms with Crippen LogP contribution >= 0.6 is 0 Å². The van der Waals surface area contributed by atoms with Crippen LogP contribution in [0.4, 0.5) is 0 Å². The van der Waals surface area contributed by atoms with Crippen LogP contribution in [0.2, 0.25) is 0 Å². The van der Waals surface area contributed by atoms with Crippen LogP contribution in [-0.2, 0) is 9.53 Å². The summed E-state index contributed by atoms with van der Waals surface area (Å²) in [5.41, 5.74) is 0.997. The number of hydrogen-bond donors (Lipinski definition) is 1. The normalized spacial score (nSPS) is 24.8. The van der Waals surface area contributed by atoms with E-state index >= 15 is 0 Å². The van der Waals surface area contributed by atoms with Crippen LogP contribution < -0.4 is 0 Å². The van der Waals surface area contributed by atoms with Crippen molar-refractivity contribution in [2.75, 3.05) is 27.2 Å². The quantitative estimate of drug-likeness (QED) is 0.809. The number of carbonyl (C=O) groups excluding carboxylic acids is 1. The number of likely N-dealkylation sites (N-methyl/N-ethyl adjacent to an activating group) is 1. The zero-order chi connectivity index (χ0) is 13.1. The van der Waals surface area contributed by atoms with Crippen molar-refractivity contribution < 1.29 is 14.6 Å². The Bertz CT molecular complexity index is 433. The van der Waals surface area contributed by atoms with Gasteiger partial charge in [0.2, 0.25) is 0 Å². The maximum absolute atomic E-state index is 11.8. The van der Waals surface area contributed by atoms with Crippen LogP contribution in [0.3, 0.4) is 0 Å². The van der Waals surface area contributed by atoms with Gasteiger partial charge in [0.05, 0.1) is 13.0 Å².